The van der Waals surface area contributed by atoms with E-state index in [1.54, 1.807) is 0 Å². The minimum absolute atomic E-state index is 0. The molecule has 0 fully saturated rings. The van der Waals surface area contributed by atoms with Crippen LogP contribution in [0.3, 0.4) is 0 Å². The fourth-order valence-electron chi connectivity index (χ4n) is 0.214. The summed E-state index contributed by atoms with van der Waals surface area (Å²) in [5.74, 6) is -5.08. The molecule has 14 heavy (non-hydrogen) atoms. The molecule has 8 nitrogen and oxygen atoms in total. The molecule has 0 aromatic rings. The first-order chi connectivity index (χ1) is 5.41. The first kappa shape index (κ1) is 22.8. The van der Waals surface area contributed by atoms with Gasteiger partial charge in [-0.05, 0) is 6.42 Å². The molecule has 9 N–H and O–H groups in total. The number of hydrogen-bond acceptors (Lipinski definition) is 5. The van der Waals surface area contributed by atoms with Crippen LogP contribution in [0.2, 0.25) is 0 Å². The van der Waals surface area contributed by atoms with Crippen molar-refractivity contribution >= 4 is 17.9 Å². The molecule has 0 saturated heterocycles. The van der Waals surface area contributed by atoms with Gasteiger partial charge in [0.05, 0.1) is 11.9 Å². The van der Waals surface area contributed by atoms with Crippen LogP contribution in [0.5, 0.6) is 0 Å². The van der Waals surface area contributed by atoms with Gasteiger partial charge in [-0.1, -0.05) is 6.92 Å². The third-order valence-electron chi connectivity index (χ3n) is 0.631. The van der Waals surface area contributed by atoms with Crippen LogP contribution < -0.4 is 22.5 Å². The van der Waals surface area contributed by atoms with Crippen LogP contribution in [0.25, 0.3) is 0 Å². The molecule has 0 heterocycles. The van der Waals surface area contributed by atoms with Gasteiger partial charge in [-0.15, -0.1) is 0 Å². The van der Waals surface area contributed by atoms with E-state index in [0.29, 0.717) is 6.42 Å². The molecule has 0 aromatic heterocycles. The minimum Gasteiger partial charge on any atom is -0.543 e. The van der Waals surface area contributed by atoms with Gasteiger partial charge in [0.1, 0.15) is 0 Å². The van der Waals surface area contributed by atoms with E-state index < -0.39 is 17.9 Å². The molecule has 8 heteroatoms. The molecule has 0 atom stereocenters. The summed E-state index contributed by atoms with van der Waals surface area (Å²) in [7, 11) is 0. The lowest BCUT2D eigenvalue weighted by atomic mass is 10.4. The Labute approximate surface area is 80.7 Å². The second kappa shape index (κ2) is 13.9. The second-order valence-corrected chi connectivity index (χ2v) is 1.72. The first-order valence-electron chi connectivity index (χ1n) is 3.05. The van der Waals surface area contributed by atoms with Crippen LogP contribution in [0.1, 0.15) is 19.8 Å². The third-order valence-corrected chi connectivity index (χ3v) is 0.631. The van der Waals surface area contributed by atoms with Crippen LogP contribution in [-0.2, 0) is 14.4 Å². The lowest BCUT2D eigenvalue weighted by molar-refractivity contribution is -0.345. The van der Waals surface area contributed by atoms with Crippen LogP contribution in [0, 0.1) is 0 Å². The smallest absolute Gasteiger partial charge is 0.303 e. The van der Waals surface area contributed by atoms with E-state index in [2.05, 4.69) is 0 Å². The Hall–Kier alpha value is -1.67. The van der Waals surface area contributed by atoms with Gasteiger partial charge in [-0.2, -0.15) is 0 Å². The molecule has 0 rings (SSSR count). The van der Waals surface area contributed by atoms with Crippen molar-refractivity contribution < 1.29 is 29.7 Å². The zero-order valence-corrected chi connectivity index (χ0v) is 8.40. The summed E-state index contributed by atoms with van der Waals surface area (Å²) in [4.78, 5) is 27.5. The van der Waals surface area contributed by atoms with Crippen molar-refractivity contribution in [3.05, 3.63) is 0 Å². The lowest BCUT2D eigenvalue weighted by Gasteiger charge is -1.97. The van der Waals surface area contributed by atoms with E-state index in [0.717, 1.165) is 6.42 Å². The standard InChI is InChI=1S/C4H8O2.C2H2O4.2H3N/c1-2-3-4(5)6;3-1(4)2(5)6;;/h2-3H2,1H3,(H,5,6);(H,3,4)(H,5,6);2*1H3. The van der Waals surface area contributed by atoms with Gasteiger partial charge in [-0.25, -0.2) is 0 Å². The maximum absolute atomic E-state index is 9.60. The van der Waals surface area contributed by atoms with Gasteiger partial charge in [0.25, 0.3) is 0 Å². The van der Waals surface area contributed by atoms with Crippen molar-refractivity contribution in [3.63, 3.8) is 0 Å². The van der Waals surface area contributed by atoms with E-state index in [-0.39, 0.29) is 12.3 Å². The van der Waals surface area contributed by atoms with Crippen molar-refractivity contribution in [1.82, 2.24) is 12.3 Å². The summed E-state index contributed by atoms with van der Waals surface area (Å²) in [5, 5.41) is 25.8. The van der Waals surface area contributed by atoms with Crippen molar-refractivity contribution in [1.29, 1.82) is 0 Å². The zero-order valence-electron chi connectivity index (χ0n) is 8.40. The molecule has 0 bridgehead atoms. The van der Waals surface area contributed by atoms with Gasteiger partial charge in [0, 0.05) is 6.42 Å². The zero-order chi connectivity index (χ0) is 10.1. The maximum atomic E-state index is 9.60. The first-order valence-corrected chi connectivity index (χ1v) is 3.05. The molecule has 0 aliphatic rings. The Balaban J connectivity index is -0.0000000625. The number of carbonyl (C=O) groups is 3. The van der Waals surface area contributed by atoms with E-state index >= 15 is 0 Å². The van der Waals surface area contributed by atoms with Crippen LogP contribution in [0.4, 0.5) is 0 Å². The number of hydrogen-bond donors (Lipinski definition) is 3. The number of aliphatic carboxylic acids is 3. The van der Waals surface area contributed by atoms with Gasteiger partial charge in [0.2, 0.25) is 0 Å². The number of carbonyl (C=O) groups excluding carboxylic acids is 2. The monoisotopic (exact) mass is 212 g/mol. The summed E-state index contributed by atoms with van der Waals surface area (Å²) in [6, 6.07) is 0. The molecule has 0 aromatic carbocycles. The van der Waals surface area contributed by atoms with Crippen molar-refractivity contribution in [2.24, 2.45) is 0 Å². The Morgan fingerprint density at radius 2 is 1.36 bits per heavy atom. The van der Waals surface area contributed by atoms with E-state index in [4.69, 9.17) is 24.9 Å². The molecule has 0 aliphatic heterocycles. The molecule has 0 unspecified atom stereocenters. The van der Waals surface area contributed by atoms with Crippen LogP contribution in [0.15, 0.2) is 0 Å². The molecule has 0 saturated carbocycles. The van der Waals surface area contributed by atoms with Crippen molar-refractivity contribution in [2.75, 3.05) is 0 Å². The summed E-state index contributed by atoms with van der Waals surface area (Å²) in [5.41, 5.74) is 0. The predicted octanol–water partition coefficient (Wildman–Crippen LogP) is -1.89. The van der Waals surface area contributed by atoms with Gasteiger partial charge in [-0.3, -0.25) is 4.79 Å². The number of carboxylic acids is 3. The second-order valence-electron chi connectivity index (χ2n) is 1.72. The summed E-state index contributed by atoms with van der Waals surface area (Å²) >= 11 is 0. The third kappa shape index (κ3) is 31.7. The van der Waals surface area contributed by atoms with Gasteiger partial charge < -0.3 is 37.2 Å². The van der Waals surface area contributed by atoms with Gasteiger partial charge in [0.15, 0.2) is 0 Å². The Bertz CT molecular complexity index is 169. The van der Waals surface area contributed by atoms with E-state index in [1.165, 1.54) is 0 Å². The summed E-state index contributed by atoms with van der Waals surface area (Å²) in [6.45, 7) is 1.84. The molecular weight excluding hydrogens is 196 g/mol. The van der Waals surface area contributed by atoms with E-state index in [1.807, 2.05) is 6.92 Å². The SMILES string of the molecule is CCCC(=O)O.O=C([O-])C(=O)[O-].[NH4+].[NH4+]. The Kier molecular flexibility index (Phi) is 22.6. The van der Waals surface area contributed by atoms with Crippen molar-refractivity contribution in [2.45, 2.75) is 19.8 Å². The molecule has 0 spiro atoms. The fraction of sp³-hybridized carbons (Fsp3) is 0.500. The molecule has 0 aliphatic carbocycles. The predicted molar refractivity (Wildman–Crippen MR) is 44.5 cm³/mol. The molecule has 0 amide bonds. The highest BCUT2D eigenvalue weighted by atomic mass is 16.4. The molecule has 86 valence electrons. The normalized spacial score (nSPS) is 6.64. The minimum atomic E-state index is -2.19. The van der Waals surface area contributed by atoms with Crippen LogP contribution in [-0.4, -0.2) is 23.0 Å². The lowest BCUT2D eigenvalue weighted by Crippen LogP contribution is -2.42. The highest BCUT2D eigenvalue weighted by Crippen LogP contribution is 1.82. The fourth-order valence-corrected chi connectivity index (χ4v) is 0.214. The summed E-state index contributed by atoms with van der Waals surface area (Å²) < 4.78 is 0. The topological polar surface area (TPSA) is 191 Å². The number of quaternary nitrogens is 2. The molecule has 0 radical (unpaired) electrons. The quantitative estimate of drug-likeness (QED) is 0.448. The van der Waals surface area contributed by atoms with Crippen LogP contribution >= 0.6 is 0 Å². The largest absolute Gasteiger partial charge is 0.543 e. The Morgan fingerprint density at radius 1 is 1.07 bits per heavy atom. The van der Waals surface area contributed by atoms with E-state index in [9.17, 15) is 4.79 Å². The average Bonchev–Trinajstić information content (AvgIpc) is 1.87. The highest BCUT2D eigenvalue weighted by molar-refractivity contribution is 6.25. The number of rotatable bonds is 2. The molecular formula is C6H16N2O6. The van der Waals surface area contributed by atoms with Crippen molar-refractivity contribution in [3.8, 4) is 0 Å². The highest BCUT2D eigenvalue weighted by Gasteiger charge is 1.87. The number of carboxylic acid groups (broad SMARTS) is 3. The Morgan fingerprint density at radius 3 is 1.36 bits per heavy atom. The average molecular weight is 212 g/mol. The van der Waals surface area contributed by atoms with Gasteiger partial charge >= 0.3 is 5.97 Å². The summed E-state index contributed by atoms with van der Waals surface area (Å²) in [6.07, 6.45) is 1.02. The maximum Gasteiger partial charge on any atom is 0.303 e.